The van der Waals surface area contributed by atoms with E-state index in [1.165, 1.54) is 0 Å². The zero-order valence-corrected chi connectivity index (χ0v) is 15.1. The van der Waals surface area contributed by atoms with Crippen LogP contribution in [0.1, 0.15) is 11.5 Å². The Morgan fingerprint density at radius 2 is 1.73 bits per heavy atom. The molecule has 0 unspecified atom stereocenters. The van der Waals surface area contributed by atoms with Crippen LogP contribution in [0.25, 0.3) is 11.3 Å². The highest BCUT2D eigenvalue weighted by atomic mass is 16.5. The lowest BCUT2D eigenvalue weighted by Crippen LogP contribution is -2.36. The number of aromatic nitrogens is 3. The highest BCUT2D eigenvalue weighted by molar-refractivity contribution is 5.58. The van der Waals surface area contributed by atoms with Gasteiger partial charge in [0.1, 0.15) is 11.6 Å². The second-order valence-corrected chi connectivity index (χ2v) is 6.61. The molecule has 5 heteroatoms. The minimum absolute atomic E-state index is 0.779. The maximum atomic E-state index is 5.43. The van der Waals surface area contributed by atoms with Crippen LogP contribution >= 0.6 is 0 Å². The third kappa shape index (κ3) is 3.78. The predicted octanol–water partition coefficient (Wildman–Crippen LogP) is 3.10. The number of imidazole rings is 1. The van der Waals surface area contributed by atoms with E-state index in [9.17, 15) is 0 Å². The number of nitrogens with zero attached hydrogens (tertiary/aromatic N) is 4. The number of aryl methyl sites for hydroxylation is 3. The van der Waals surface area contributed by atoms with Gasteiger partial charge in [-0.15, -0.1) is 0 Å². The van der Waals surface area contributed by atoms with Crippen molar-refractivity contribution in [3.8, 4) is 11.3 Å². The van der Waals surface area contributed by atoms with Crippen molar-refractivity contribution >= 4 is 5.82 Å². The molecule has 1 aliphatic rings. The number of pyridine rings is 1. The van der Waals surface area contributed by atoms with Gasteiger partial charge in [-0.05, 0) is 18.6 Å². The molecular formula is C21H24N4O. The highest BCUT2D eigenvalue weighted by Gasteiger charge is 2.13. The number of benzene rings is 1. The van der Waals surface area contributed by atoms with Gasteiger partial charge in [0.05, 0.1) is 18.9 Å². The minimum Gasteiger partial charge on any atom is -0.378 e. The van der Waals surface area contributed by atoms with E-state index in [1.807, 2.05) is 18.2 Å². The van der Waals surface area contributed by atoms with Gasteiger partial charge in [-0.25, -0.2) is 9.97 Å². The first-order valence-electron chi connectivity index (χ1n) is 9.16. The molecule has 0 amide bonds. The van der Waals surface area contributed by atoms with E-state index >= 15 is 0 Å². The topological polar surface area (TPSA) is 43.2 Å². The number of ether oxygens (including phenoxy) is 1. The smallest absolute Gasteiger partial charge is 0.128 e. The Hall–Kier alpha value is -2.66. The average molecular weight is 348 g/mol. The first kappa shape index (κ1) is 16.8. The summed E-state index contributed by atoms with van der Waals surface area (Å²) in [6, 6.07) is 16.6. The molecule has 0 radical (unpaired) electrons. The van der Waals surface area contributed by atoms with Gasteiger partial charge in [-0.1, -0.05) is 36.4 Å². The van der Waals surface area contributed by atoms with Crippen molar-refractivity contribution < 1.29 is 4.74 Å². The van der Waals surface area contributed by atoms with Crippen molar-refractivity contribution in [2.75, 3.05) is 31.2 Å². The summed E-state index contributed by atoms with van der Waals surface area (Å²) in [6.07, 6.45) is 3.86. The SMILES string of the molecule is Cn1cc(-c2ccccc2)nc1CCc1cccc(N2CCOCC2)n1. The largest absolute Gasteiger partial charge is 0.378 e. The summed E-state index contributed by atoms with van der Waals surface area (Å²) in [5.74, 6) is 2.14. The van der Waals surface area contributed by atoms with Crippen LogP contribution < -0.4 is 4.90 Å². The van der Waals surface area contributed by atoms with E-state index in [0.717, 1.165) is 67.7 Å². The molecule has 5 nitrogen and oxygen atoms in total. The van der Waals surface area contributed by atoms with E-state index in [0.29, 0.717) is 0 Å². The van der Waals surface area contributed by atoms with E-state index < -0.39 is 0 Å². The fourth-order valence-electron chi connectivity index (χ4n) is 3.30. The number of hydrogen-bond acceptors (Lipinski definition) is 4. The van der Waals surface area contributed by atoms with E-state index in [2.05, 4.69) is 53.0 Å². The van der Waals surface area contributed by atoms with Crippen molar-refractivity contribution in [3.63, 3.8) is 0 Å². The molecule has 2 aromatic heterocycles. The van der Waals surface area contributed by atoms with Crippen molar-refractivity contribution in [3.05, 3.63) is 66.2 Å². The molecule has 0 saturated carbocycles. The Morgan fingerprint density at radius 1 is 0.923 bits per heavy atom. The van der Waals surface area contributed by atoms with Gasteiger partial charge >= 0.3 is 0 Å². The second kappa shape index (κ2) is 7.70. The standard InChI is InChI=1S/C21H24N4O/c1-24-16-19(17-6-3-2-4-7-17)23-20(24)11-10-18-8-5-9-21(22-18)25-12-14-26-15-13-25/h2-9,16H,10-15H2,1H3. The van der Waals surface area contributed by atoms with Gasteiger partial charge in [0.2, 0.25) is 0 Å². The first-order valence-corrected chi connectivity index (χ1v) is 9.16. The summed E-state index contributed by atoms with van der Waals surface area (Å²) >= 11 is 0. The molecule has 4 rings (SSSR count). The van der Waals surface area contributed by atoms with Crippen molar-refractivity contribution in [1.82, 2.24) is 14.5 Å². The molecule has 0 spiro atoms. The molecule has 0 aliphatic carbocycles. The zero-order valence-electron chi connectivity index (χ0n) is 15.1. The zero-order chi connectivity index (χ0) is 17.8. The second-order valence-electron chi connectivity index (χ2n) is 6.61. The summed E-state index contributed by atoms with van der Waals surface area (Å²) in [5, 5.41) is 0. The van der Waals surface area contributed by atoms with Crippen LogP contribution in [0.4, 0.5) is 5.82 Å². The Bertz CT molecular complexity index is 853. The maximum absolute atomic E-state index is 5.43. The Labute approximate surface area is 154 Å². The third-order valence-electron chi connectivity index (χ3n) is 4.77. The van der Waals surface area contributed by atoms with Gasteiger partial charge in [-0.2, -0.15) is 0 Å². The number of morpholine rings is 1. The summed E-state index contributed by atoms with van der Waals surface area (Å²) in [6.45, 7) is 3.38. The molecule has 3 aromatic rings. The van der Waals surface area contributed by atoms with Crippen molar-refractivity contribution in [2.24, 2.45) is 7.05 Å². The normalized spacial score (nSPS) is 14.6. The molecule has 134 valence electrons. The molecule has 1 saturated heterocycles. The van der Waals surface area contributed by atoms with Crippen molar-refractivity contribution in [1.29, 1.82) is 0 Å². The highest BCUT2D eigenvalue weighted by Crippen LogP contribution is 2.19. The van der Waals surface area contributed by atoms with E-state index in [1.54, 1.807) is 0 Å². The first-order chi connectivity index (χ1) is 12.8. The van der Waals surface area contributed by atoms with Gasteiger partial charge in [0, 0.05) is 44.0 Å². The molecule has 0 N–H and O–H groups in total. The Balaban J connectivity index is 1.45. The van der Waals surface area contributed by atoms with Crippen molar-refractivity contribution in [2.45, 2.75) is 12.8 Å². The van der Waals surface area contributed by atoms with Crippen LogP contribution in [0, 0.1) is 0 Å². The maximum Gasteiger partial charge on any atom is 0.128 e. The van der Waals surface area contributed by atoms with Gasteiger partial charge in [0.15, 0.2) is 0 Å². The van der Waals surface area contributed by atoms with Crippen LogP contribution in [0.2, 0.25) is 0 Å². The summed E-state index contributed by atoms with van der Waals surface area (Å²) in [7, 11) is 2.06. The molecule has 0 bridgehead atoms. The predicted molar refractivity (Wildman–Crippen MR) is 103 cm³/mol. The lowest BCUT2D eigenvalue weighted by molar-refractivity contribution is 0.122. The molecule has 26 heavy (non-hydrogen) atoms. The van der Waals surface area contributed by atoms with E-state index in [4.69, 9.17) is 14.7 Å². The fraction of sp³-hybridized carbons (Fsp3) is 0.333. The molecule has 1 aliphatic heterocycles. The Kier molecular flexibility index (Phi) is 4.97. The monoisotopic (exact) mass is 348 g/mol. The lowest BCUT2D eigenvalue weighted by atomic mass is 10.2. The summed E-state index contributed by atoms with van der Waals surface area (Å²) in [4.78, 5) is 11.9. The average Bonchev–Trinajstić information content (AvgIpc) is 3.09. The van der Waals surface area contributed by atoms with Gasteiger partial charge in [0.25, 0.3) is 0 Å². The lowest BCUT2D eigenvalue weighted by Gasteiger charge is -2.28. The molecule has 0 atom stereocenters. The van der Waals surface area contributed by atoms with Gasteiger partial charge < -0.3 is 14.2 Å². The summed E-state index contributed by atoms with van der Waals surface area (Å²) < 4.78 is 7.55. The van der Waals surface area contributed by atoms with Crippen LogP contribution in [-0.2, 0) is 24.6 Å². The number of hydrogen-bond donors (Lipinski definition) is 0. The van der Waals surface area contributed by atoms with Crippen LogP contribution in [0.3, 0.4) is 0 Å². The quantitative estimate of drug-likeness (QED) is 0.711. The molecule has 1 aromatic carbocycles. The molecule has 3 heterocycles. The Morgan fingerprint density at radius 3 is 2.54 bits per heavy atom. The van der Waals surface area contributed by atoms with Crippen LogP contribution in [0.15, 0.2) is 54.7 Å². The van der Waals surface area contributed by atoms with Gasteiger partial charge in [-0.3, -0.25) is 0 Å². The van der Waals surface area contributed by atoms with Crippen LogP contribution in [0.5, 0.6) is 0 Å². The third-order valence-corrected chi connectivity index (χ3v) is 4.77. The number of rotatable bonds is 5. The molecular weight excluding hydrogens is 324 g/mol. The van der Waals surface area contributed by atoms with E-state index in [-0.39, 0.29) is 0 Å². The summed E-state index contributed by atoms with van der Waals surface area (Å²) in [5.41, 5.74) is 3.29. The number of anilines is 1. The van der Waals surface area contributed by atoms with Crippen LogP contribution in [-0.4, -0.2) is 40.8 Å². The minimum atomic E-state index is 0.779. The fourth-order valence-corrected chi connectivity index (χ4v) is 3.30. The molecule has 1 fully saturated rings.